The molecule has 0 aromatic heterocycles. The first kappa shape index (κ1) is 10.5. The molecule has 0 aromatic carbocycles. The summed E-state index contributed by atoms with van der Waals surface area (Å²) in [6, 6.07) is 0.962. The fraction of sp³-hybridized carbons (Fsp3) is 1.00. The molecule has 2 aliphatic rings. The first-order valence-corrected chi connectivity index (χ1v) is 6.42. The van der Waals surface area contributed by atoms with Gasteiger partial charge in [-0.2, -0.15) is 0 Å². The standard InChI is InChI=1S/C13H25N/c1-10(2)13-9-14(8-7-11(13)3)12-5-4-6-12/h10-13H,4-9H2,1-3H3/t11-,13-/m1/s1. The Morgan fingerprint density at radius 1 is 1.14 bits per heavy atom. The van der Waals surface area contributed by atoms with Gasteiger partial charge in [-0.15, -0.1) is 0 Å². The van der Waals surface area contributed by atoms with E-state index in [1.807, 2.05) is 0 Å². The van der Waals surface area contributed by atoms with Crippen LogP contribution in [0.3, 0.4) is 0 Å². The molecule has 1 aliphatic heterocycles. The molecule has 14 heavy (non-hydrogen) atoms. The minimum absolute atomic E-state index is 0.868. The van der Waals surface area contributed by atoms with Crippen molar-refractivity contribution >= 4 is 0 Å². The topological polar surface area (TPSA) is 3.24 Å². The molecule has 0 amide bonds. The van der Waals surface area contributed by atoms with E-state index in [0.717, 1.165) is 23.8 Å². The van der Waals surface area contributed by atoms with Gasteiger partial charge in [0.1, 0.15) is 0 Å². The first-order chi connectivity index (χ1) is 6.68. The van der Waals surface area contributed by atoms with Crippen LogP contribution in [-0.2, 0) is 0 Å². The van der Waals surface area contributed by atoms with Crippen molar-refractivity contribution in [3.8, 4) is 0 Å². The lowest BCUT2D eigenvalue weighted by atomic mass is 9.78. The average Bonchev–Trinajstić information content (AvgIpc) is 2.04. The summed E-state index contributed by atoms with van der Waals surface area (Å²) in [5.41, 5.74) is 0. The van der Waals surface area contributed by atoms with Crippen LogP contribution in [0.2, 0.25) is 0 Å². The van der Waals surface area contributed by atoms with Crippen molar-refractivity contribution in [2.75, 3.05) is 13.1 Å². The minimum atomic E-state index is 0.868. The molecule has 1 heterocycles. The van der Waals surface area contributed by atoms with E-state index in [0.29, 0.717) is 0 Å². The summed E-state index contributed by atoms with van der Waals surface area (Å²) in [6.07, 6.45) is 5.85. The van der Waals surface area contributed by atoms with Gasteiger partial charge in [-0.1, -0.05) is 27.2 Å². The van der Waals surface area contributed by atoms with E-state index in [2.05, 4.69) is 25.7 Å². The molecule has 2 atom stereocenters. The lowest BCUT2D eigenvalue weighted by Gasteiger charge is -2.46. The summed E-state index contributed by atoms with van der Waals surface area (Å²) < 4.78 is 0. The second-order valence-electron chi connectivity index (χ2n) is 5.75. The lowest BCUT2D eigenvalue weighted by molar-refractivity contribution is 0.0355. The van der Waals surface area contributed by atoms with Gasteiger partial charge in [0.05, 0.1) is 0 Å². The molecule has 1 saturated carbocycles. The molecule has 0 aromatic rings. The molecule has 2 rings (SSSR count). The van der Waals surface area contributed by atoms with Crippen LogP contribution < -0.4 is 0 Å². The van der Waals surface area contributed by atoms with Crippen LogP contribution in [0.25, 0.3) is 0 Å². The zero-order chi connectivity index (χ0) is 10.1. The first-order valence-electron chi connectivity index (χ1n) is 6.42. The second-order valence-corrected chi connectivity index (χ2v) is 5.75. The number of nitrogens with zero attached hydrogens (tertiary/aromatic N) is 1. The third-order valence-corrected chi connectivity index (χ3v) is 4.50. The molecule has 82 valence electrons. The summed E-state index contributed by atoms with van der Waals surface area (Å²) in [6.45, 7) is 9.98. The number of rotatable bonds is 2. The molecule has 1 saturated heterocycles. The number of hydrogen-bond donors (Lipinski definition) is 0. The summed E-state index contributed by atoms with van der Waals surface area (Å²) in [5.74, 6) is 2.77. The van der Waals surface area contributed by atoms with Gasteiger partial charge in [0.2, 0.25) is 0 Å². The van der Waals surface area contributed by atoms with Crippen molar-refractivity contribution in [3.63, 3.8) is 0 Å². The largest absolute Gasteiger partial charge is 0.300 e. The van der Waals surface area contributed by atoms with Gasteiger partial charge >= 0.3 is 0 Å². The molecule has 1 aliphatic carbocycles. The summed E-state index contributed by atoms with van der Waals surface area (Å²) in [4.78, 5) is 2.77. The van der Waals surface area contributed by atoms with Crippen LogP contribution in [0.4, 0.5) is 0 Å². The van der Waals surface area contributed by atoms with E-state index in [1.54, 1.807) is 0 Å². The second kappa shape index (κ2) is 4.22. The Kier molecular flexibility index (Phi) is 3.16. The highest BCUT2D eigenvalue weighted by molar-refractivity contribution is 4.87. The zero-order valence-electron chi connectivity index (χ0n) is 10.00. The van der Waals surface area contributed by atoms with Gasteiger partial charge in [0, 0.05) is 12.6 Å². The van der Waals surface area contributed by atoms with Gasteiger partial charge in [-0.3, -0.25) is 0 Å². The highest BCUT2D eigenvalue weighted by Crippen LogP contribution is 2.34. The third kappa shape index (κ3) is 1.98. The molecule has 0 bridgehead atoms. The third-order valence-electron chi connectivity index (χ3n) is 4.50. The number of likely N-dealkylation sites (tertiary alicyclic amines) is 1. The monoisotopic (exact) mass is 195 g/mol. The van der Waals surface area contributed by atoms with E-state index >= 15 is 0 Å². The van der Waals surface area contributed by atoms with Crippen molar-refractivity contribution in [1.29, 1.82) is 0 Å². The normalized spacial score (nSPS) is 36.0. The SMILES string of the molecule is CC(C)[C@H]1CN(C2CCC2)CC[C@H]1C. The van der Waals surface area contributed by atoms with Crippen LogP contribution in [0, 0.1) is 17.8 Å². The van der Waals surface area contributed by atoms with Crippen LogP contribution in [0.1, 0.15) is 46.5 Å². The molecule has 0 unspecified atom stereocenters. The maximum absolute atomic E-state index is 2.77. The molecule has 2 fully saturated rings. The smallest absolute Gasteiger partial charge is 0.00953 e. The van der Waals surface area contributed by atoms with Gasteiger partial charge in [-0.05, 0) is 43.6 Å². The quantitative estimate of drug-likeness (QED) is 0.654. The maximum atomic E-state index is 2.77. The maximum Gasteiger partial charge on any atom is 0.00953 e. The number of hydrogen-bond acceptors (Lipinski definition) is 1. The van der Waals surface area contributed by atoms with Crippen molar-refractivity contribution in [2.24, 2.45) is 17.8 Å². The minimum Gasteiger partial charge on any atom is -0.300 e. The van der Waals surface area contributed by atoms with Crippen molar-refractivity contribution in [1.82, 2.24) is 4.90 Å². The van der Waals surface area contributed by atoms with E-state index in [9.17, 15) is 0 Å². The Labute approximate surface area is 88.9 Å². The Bertz CT molecular complexity index is 184. The Morgan fingerprint density at radius 2 is 1.86 bits per heavy atom. The molecule has 1 heteroatoms. The van der Waals surface area contributed by atoms with Gasteiger partial charge in [-0.25, -0.2) is 0 Å². The number of piperidine rings is 1. The predicted molar refractivity (Wildman–Crippen MR) is 61.3 cm³/mol. The van der Waals surface area contributed by atoms with E-state index in [1.165, 1.54) is 38.8 Å². The van der Waals surface area contributed by atoms with Gasteiger partial charge in [0.15, 0.2) is 0 Å². The lowest BCUT2D eigenvalue weighted by Crippen LogP contribution is -2.49. The Balaban J connectivity index is 1.90. The van der Waals surface area contributed by atoms with Crippen LogP contribution in [0.15, 0.2) is 0 Å². The molecule has 1 nitrogen and oxygen atoms in total. The summed E-state index contributed by atoms with van der Waals surface area (Å²) in [5, 5.41) is 0. The summed E-state index contributed by atoms with van der Waals surface area (Å²) in [7, 11) is 0. The highest BCUT2D eigenvalue weighted by atomic mass is 15.2. The van der Waals surface area contributed by atoms with Gasteiger partial charge < -0.3 is 4.90 Å². The van der Waals surface area contributed by atoms with Crippen LogP contribution >= 0.6 is 0 Å². The fourth-order valence-electron chi connectivity index (χ4n) is 3.08. The van der Waals surface area contributed by atoms with E-state index in [4.69, 9.17) is 0 Å². The Hall–Kier alpha value is -0.0400. The molecule has 0 N–H and O–H groups in total. The molecule has 0 spiro atoms. The van der Waals surface area contributed by atoms with Gasteiger partial charge in [0.25, 0.3) is 0 Å². The Morgan fingerprint density at radius 3 is 2.36 bits per heavy atom. The molecular weight excluding hydrogens is 170 g/mol. The predicted octanol–water partition coefficient (Wildman–Crippen LogP) is 3.15. The zero-order valence-corrected chi connectivity index (χ0v) is 10.00. The van der Waals surface area contributed by atoms with E-state index in [-0.39, 0.29) is 0 Å². The van der Waals surface area contributed by atoms with Crippen LogP contribution in [-0.4, -0.2) is 24.0 Å². The highest BCUT2D eigenvalue weighted by Gasteiger charge is 2.33. The van der Waals surface area contributed by atoms with Crippen molar-refractivity contribution in [2.45, 2.75) is 52.5 Å². The van der Waals surface area contributed by atoms with E-state index < -0.39 is 0 Å². The summed E-state index contributed by atoms with van der Waals surface area (Å²) >= 11 is 0. The van der Waals surface area contributed by atoms with Crippen LogP contribution in [0.5, 0.6) is 0 Å². The van der Waals surface area contributed by atoms with Crippen molar-refractivity contribution in [3.05, 3.63) is 0 Å². The average molecular weight is 195 g/mol. The molecular formula is C13H25N. The van der Waals surface area contributed by atoms with Crippen molar-refractivity contribution < 1.29 is 0 Å². The fourth-order valence-corrected chi connectivity index (χ4v) is 3.08. The molecule has 0 radical (unpaired) electrons.